The van der Waals surface area contributed by atoms with Crippen molar-refractivity contribution in [3.63, 3.8) is 0 Å². The monoisotopic (exact) mass is 428 g/mol. The van der Waals surface area contributed by atoms with Crippen LogP contribution in [-0.4, -0.2) is 52.2 Å². The zero-order valence-electron chi connectivity index (χ0n) is 15.5. The average Bonchev–Trinajstić information content (AvgIpc) is 2.72. The third kappa shape index (κ3) is 4.95. The molecule has 2 amide bonds. The molecule has 2 N–H and O–H groups in total. The predicted octanol–water partition coefficient (Wildman–Crippen LogP) is 1.07. The fourth-order valence-corrected chi connectivity index (χ4v) is 3.94. The number of hydrogen-bond donors (Lipinski definition) is 2. The van der Waals surface area contributed by atoms with Gasteiger partial charge in [0, 0.05) is 0 Å². The van der Waals surface area contributed by atoms with Gasteiger partial charge >= 0.3 is 149 Å². The summed E-state index contributed by atoms with van der Waals surface area (Å²) in [6, 6.07) is 7.30. The van der Waals surface area contributed by atoms with Gasteiger partial charge in [-0.15, -0.1) is 0 Å². The Morgan fingerprint density at radius 2 is 1.96 bits per heavy atom. The van der Waals surface area contributed by atoms with E-state index in [1.165, 1.54) is 49.0 Å². The van der Waals surface area contributed by atoms with E-state index in [0.717, 1.165) is 12.1 Å². The predicted molar refractivity (Wildman–Crippen MR) is 108 cm³/mol. The molecular formula is C20H25AsN4O2. The van der Waals surface area contributed by atoms with Gasteiger partial charge in [0.2, 0.25) is 0 Å². The molecule has 27 heavy (non-hydrogen) atoms. The van der Waals surface area contributed by atoms with Crippen molar-refractivity contribution in [2.75, 3.05) is 13.6 Å². The minimum atomic E-state index is -0.259. The van der Waals surface area contributed by atoms with Crippen molar-refractivity contribution in [2.45, 2.75) is 32.1 Å². The van der Waals surface area contributed by atoms with E-state index in [1.807, 2.05) is 12.1 Å². The Balaban J connectivity index is 1.75. The molecule has 6 nitrogen and oxygen atoms in total. The first-order valence-electron chi connectivity index (χ1n) is 9.31. The molecule has 0 saturated heterocycles. The summed E-state index contributed by atoms with van der Waals surface area (Å²) >= 11 is 1.25. The van der Waals surface area contributed by atoms with Crippen molar-refractivity contribution in [2.24, 2.45) is 5.92 Å². The molecule has 1 unspecified atom stereocenters. The zero-order chi connectivity index (χ0) is 19.2. The van der Waals surface area contributed by atoms with Gasteiger partial charge in [-0.2, -0.15) is 0 Å². The van der Waals surface area contributed by atoms with Crippen LogP contribution >= 0.6 is 0 Å². The molecule has 1 fully saturated rings. The summed E-state index contributed by atoms with van der Waals surface area (Å²) in [5.74, 6) is 0.258. The molecule has 1 heterocycles. The molecule has 1 aromatic carbocycles. The van der Waals surface area contributed by atoms with Crippen LogP contribution in [0.5, 0.6) is 0 Å². The second kappa shape index (κ2) is 9.13. The number of benzene rings is 1. The van der Waals surface area contributed by atoms with Crippen molar-refractivity contribution in [3.05, 3.63) is 41.7 Å². The molecule has 1 aliphatic carbocycles. The molecule has 7 heteroatoms. The van der Waals surface area contributed by atoms with Gasteiger partial charge in [-0.25, -0.2) is 0 Å². The van der Waals surface area contributed by atoms with Crippen LogP contribution in [0.25, 0.3) is 11.3 Å². The van der Waals surface area contributed by atoms with Crippen molar-refractivity contribution in [1.29, 1.82) is 0 Å². The van der Waals surface area contributed by atoms with E-state index in [2.05, 4.69) is 20.6 Å². The Labute approximate surface area is 168 Å². The molecule has 3 rings (SSSR count). The maximum atomic E-state index is 12.5. The van der Waals surface area contributed by atoms with E-state index in [0.29, 0.717) is 27.4 Å². The summed E-state index contributed by atoms with van der Waals surface area (Å²) in [6.07, 6.45) is 7.87. The number of amides is 2. The topological polar surface area (TPSA) is 84.0 Å². The summed E-state index contributed by atoms with van der Waals surface area (Å²) in [4.78, 5) is 33.2. The van der Waals surface area contributed by atoms with Crippen molar-refractivity contribution in [1.82, 2.24) is 20.6 Å². The second-order valence-corrected chi connectivity index (χ2v) is 8.01. The van der Waals surface area contributed by atoms with Crippen LogP contribution in [0.15, 0.2) is 30.5 Å². The van der Waals surface area contributed by atoms with Crippen LogP contribution in [0.2, 0.25) is 0 Å². The van der Waals surface area contributed by atoms with Crippen LogP contribution in [-0.2, 0) is 0 Å². The van der Waals surface area contributed by atoms with Gasteiger partial charge in [0.1, 0.15) is 0 Å². The molecular weight excluding hydrogens is 403 g/mol. The fraction of sp³-hybridized carbons (Fsp3) is 0.400. The summed E-state index contributed by atoms with van der Waals surface area (Å²) < 4.78 is 0.631. The third-order valence-electron chi connectivity index (χ3n) is 4.94. The molecule has 0 spiro atoms. The minimum absolute atomic E-state index is 0.0719. The number of hydrogen-bond acceptors (Lipinski definition) is 4. The van der Waals surface area contributed by atoms with E-state index in [4.69, 9.17) is 0 Å². The van der Waals surface area contributed by atoms with Crippen LogP contribution in [0.3, 0.4) is 0 Å². The Hall–Kier alpha value is -2.20. The Morgan fingerprint density at radius 3 is 2.70 bits per heavy atom. The van der Waals surface area contributed by atoms with Gasteiger partial charge in [-0.05, 0) is 0 Å². The van der Waals surface area contributed by atoms with Crippen LogP contribution in [0.1, 0.15) is 53.0 Å². The molecule has 1 aromatic heterocycles. The van der Waals surface area contributed by atoms with Crippen molar-refractivity contribution < 1.29 is 9.59 Å². The maximum absolute atomic E-state index is 12.5. The number of carbonyl (C=O) groups is 2. The number of rotatable bonds is 5. The van der Waals surface area contributed by atoms with E-state index in [1.54, 1.807) is 25.4 Å². The Morgan fingerprint density at radius 1 is 1.19 bits per heavy atom. The zero-order valence-corrected chi connectivity index (χ0v) is 17.9. The van der Waals surface area contributed by atoms with Crippen molar-refractivity contribution >= 4 is 33.1 Å². The summed E-state index contributed by atoms with van der Waals surface area (Å²) in [5, 5.41) is 5.64. The summed E-state index contributed by atoms with van der Waals surface area (Å²) in [6.45, 7) is 0.732. The molecule has 0 bridgehead atoms. The van der Waals surface area contributed by atoms with Crippen LogP contribution in [0, 0.1) is 5.92 Å². The first kappa shape index (κ1) is 19.6. The molecule has 0 radical (unpaired) electrons. The van der Waals surface area contributed by atoms with Crippen molar-refractivity contribution in [3.8, 4) is 11.3 Å². The van der Waals surface area contributed by atoms with Gasteiger partial charge in [-0.3, -0.25) is 0 Å². The van der Waals surface area contributed by atoms with Crippen LogP contribution in [0.4, 0.5) is 0 Å². The third-order valence-corrected chi connectivity index (χ3v) is 5.83. The molecule has 1 aliphatic rings. The van der Waals surface area contributed by atoms with E-state index >= 15 is 0 Å². The first-order valence-corrected chi connectivity index (χ1v) is 10.5. The Bertz CT molecular complexity index is 834. The van der Waals surface area contributed by atoms with E-state index in [9.17, 15) is 9.59 Å². The average molecular weight is 428 g/mol. The fourth-order valence-electron chi connectivity index (χ4n) is 3.37. The van der Waals surface area contributed by atoms with Gasteiger partial charge in [0.15, 0.2) is 0 Å². The van der Waals surface area contributed by atoms with E-state index in [-0.39, 0.29) is 11.8 Å². The molecule has 0 aliphatic heterocycles. The summed E-state index contributed by atoms with van der Waals surface area (Å²) in [5.41, 5.74) is 2.26. The molecule has 1 saturated carbocycles. The van der Waals surface area contributed by atoms with Gasteiger partial charge in [0.05, 0.1) is 0 Å². The molecule has 1 atom stereocenters. The van der Waals surface area contributed by atoms with Gasteiger partial charge in [-0.1, -0.05) is 19.3 Å². The van der Waals surface area contributed by atoms with Gasteiger partial charge in [0.25, 0.3) is 0 Å². The quantitative estimate of drug-likeness (QED) is 0.698. The standard InChI is InChI=1S/C20H25AsN4O2/c1-22-20(27)17-18(21)23-12-16(25-17)14-8-5-9-15(10-14)19(26)24-11-13-6-3-2-4-7-13/h5,8-10,12-13H,2-4,6-7,11,21H2,1H3,(H,22,27)(H,24,26). The number of carbonyl (C=O) groups excluding carboxylic acids is 2. The second-order valence-electron chi connectivity index (χ2n) is 6.86. The van der Waals surface area contributed by atoms with Crippen LogP contribution < -0.4 is 15.1 Å². The first-order chi connectivity index (χ1) is 13.1. The molecule has 142 valence electrons. The van der Waals surface area contributed by atoms with Gasteiger partial charge < -0.3 is 0 Å². The summed E-state index contributed by atoms with van der Waals surface area (Å²) in [7, 11) is 1.57. The number of nitrogens with zero attached hydrogens (tertiary/aromatic N) is 2. The van der Waals surface area contributed by atoms with E-state index < -0.39 is 0 Å². The normalized spacial score (nSPS) is 14.6. The molecule has 2 aromatic rings. The number of aromatic nitrogens is 2. The number of nitrogens with one attached hydrogen (secondary N) is 2. The SMILES string of the molecule is CNC(=O)c1nc(-c2cccc(C(=O)NCC3CCCCC3)c2)cnc1[AsH2]. The Kier molecular flexibility index (Phi) is 6.62.